The first-order chi connectivity index (χ1) is 7.93. The lowest BCUT2D eigenvalue weighted by molar-refractivity contribution is 0.843. The summed E-state index contributed by atoms with van der Waals surface area (Å²) in [6.07, 6.45) is 0. The summed E-state index contributed by atoms with van der Waals surface area (Å²) in [5.41, 5.74) is 1.07. The second-order valence-corrected chi connectivity index (χ2v) is 4.59. The van der Waals surface area contributed by atoms with Crippen LogP contribution in [0.2, 0.25) is 0 Å². The molecule has 0 saturated heterocycles. The fourth-order valence-corrected chi connectivity index (χ4v) is 3.03. The summed E-state index contributed by atoms with van der Waals surface area (Å²) in [7, 11) is 0. The van der Waals surface area contributed by atoms with Crippen LogP contribution in [0.15, 0.2) is 36.4 Å². The maximum atomic E-state index is 3.98. The second kappa shape index (κ2) is 2.76. The SMILES string of the molecule is c1ccc2c(c1)ccc1c2sc2nnnn21. The van der Waals surface area contributed by atoms with Crippen molar-refractivity contribution in [1.29, 1.82) is 0 Å². The van der Waals surface area contributed by atoms with Crippen LogP contribution in [-0.2, 0) is 0 Å². The molecular formula is C11H6N4S. The molecule has 0 spiro atoms. The van der Waals surface area contributed by atoms with E-state index < -0.39 is 0 Å². The van der Waals surface area contributed by atoms with Crippen molar-refractivity contribution < 1.29 is 0 Å². The van der Waals surface area contributed by atoms with Crippen LogP contribution < -0.4 is 0 Å². The topological polar surface area (TPSA) is 43.1 Å². The number of thiazole rings is 1. The number of benzene rings is 2. The van der Waals surface area contributed by atoms with Crippen molar-refractivity contribution in [2.45, 2.75) is 0 Å². The van der Waals surface area contributed by atoms with Crippen molar-refractivity contribution in [2.75, 3.05) is 0 Å². The van der Waals surface area contributed by atoms with E-state index in [1.165, 1.54) is 15.5 Å². The highest BCUT2D eigenvalue weighted by Gasteiger charge is 2.09. The van der Waals surface area contributed by atoms with Crippen LogP contribution in [-0.4, -0.2) is 20.0 Å². The largest absolute Gasteiger partial charge is 0.235 e. The Hall–Kier alpha value is -2.01. The van der Waals surface area contributed by atoms with E-state index in [-0.39, 0.29) is 0 Å². The molecule has 0 unspecified atom stereocenters. The molecule has 4 rings (SSSR count). The molecule has 0 amide bonds. The van der Waals surface area contributed by atoms with Gasteiger partial charge in [-0.1, -0.05) is 46.8 Å². The van der Waals surface area contributed by atoms with Crippen molar-refractivity contribution in [3.8, 4) is 0 Å². The lowest BCUT2D eigenvalue weighted by atomic mass is 10.1. The zero-order valence-electron chi connectivity index (χ0n) is 8.16. The third-order valence-electron chi connectivity index (χ3n) is 2.72. The van der Waals surface area contributed by atoms with Gasteiger partial charge in [-0.2, -0.15) is 4.52 Å². The van der Waals surface area contributed by atoms with E-state index in [4.69, 9.17) is 0 Å². The number of hydrogen-bond acceptors (Lipinski definition) is 4. The predicted molar refractivity (Wildman–Crippen MR) is 63.7 cm³/mol. The van der Waals surface area contributed by atoms with Gasteiger partial charge in [0.25, 0.3) is 0 Å². The fraction of sp³-hybridized carbons (Fsp3) is 0. The summed E-state index contributed by atoms with van der Waals surface area (Å²) in [6, 6.07) is 12.5. The van der Waals surface area contributed by atoms with Gasteiger partial charge in [0.05, 0.1) is 10.2 Å². The highest BCUT2D eigenvalue weighted by atomic mass is 32.1. The average Bonchev–Trinajstić information content (AvgIpc) is 2.88. The van der Waals surface area contributed by atoms with Crippen molar-refractivity contribution in [3.05, 3.63) is 36.4 Å². The molecule has 0 aliphatic heterocycles. The Morgan fingerprint density at radius 2 is 2.00 bits per heavy atom. The first kappa shape index (κ1) is 8.18. The number of tetrazole rings is 1. The second-order valence-electron chi connectivity index (χ2n) is 3.61. The smallest absolute Gasteiger partial charge is 0.183 e. The Labute approximate surface area is 94.1 Å². The Kier molecular flexibility index (Phi) is 1.41. The van der Waals surface area contributed by atoms with Gasteiger partial charge in [-0.25, -0.2) is 0 Å². The first-order valence-electron chi connectivity index (χ1n) is 4.92. The molecule has 0 aliphatic rings. The van der Waals surface area contributed by atoms with Gasteiger partial charge in [-0.15, -0.1) is 0 Å². The minimum Gasteiger partial charge on any atom is -0.183 e. The van der Waals surface area contributed by atoms with Crippen LogP contribution in [0.5, 0.6) is 0 Å². The molecule has 0 radical (unpaired) electrons. The van der Waals surface area contributed by atoms with Gasteiger partial charge in [-0.05, 0) is 21.9 Å². The minimum atomic E-state index is 0.839. The van der Waals surface area contributed by atoms with Gasteiger partial charge in [-0.3, -0.25) is 0 Å². The zero-order chi connectivity index (χ0) is 10.5. The average molecular weight is 226 g/mol. The van der Waals surface area contributed by atoms with Gasteiger partial charge in [0.2, 0.25) is 4.96 Å². The summed E-state index contributed by atoms with van der Waals surface area (Å²) < 4.78 is 3.00. The quantitative estimate of drug-likeness (QED) is 0.462. The highest BCUT2D eigenvalue weighted by molar-refractivity contribution is 7.24. The van der Waals surface area contributed by atoms with E-state index in [0.717, 1.165) is 10.5 Å². The molecule has 0 bridgehead atoms. The van der Waals surface area contributed by atoms with Crippen molar-refractivity contribution in [1.82, 2.24) is 20.0 Å². The lowest BCUT2D eigenvalue weighted by Crippen LogP contribution is -1.83. The van der Waals surface area contributed by atoms with Gasteiger partial charge in [0, 0.05) is 5.39 Å². The Bertz CT molecular complexity index is 808. The molecule has 0 atom stereocenters. The molecule has 2 aromatic carbocycles. The van der Waals surface area contributed by atoms with E-state index in [2.05, 4.69) is 45.9 Å². The molecule has 0 fully saturated rings. The monoisotopic (exact) mass is 226 g/mol. The van der Waals surface area contributed by atoms with E-state index in [1.807, 2.05) is 6.07 Å². The summed E-state index contributed by atoms with van der Waals surface area (Å²) in [6.45, 7) is 0. The molecule has 2 heterocycles. The molecular weight excluding hydrogens is 220 g/mol. The standard InChI is InChI=1S/C11H6N4S/c1-2-4-8-7(3-1)5-6-9-10(8)16-11-12-13-14-15(9)11/h1-6H. The molecule has 0 saturated carbocycles. The number of aromatic nitrogens is 4. The van der Waals surface area contributed by atoms with Crippen LogP contribution >= 0.6 is 11.3 Å². The Balaban J connectivity index is 2.36. The van der Waals surface area contributed by atoms with Crippen LogP contribution in [0.25, 0.3) is 25.9 Å². The molecule has 0 aliphatic carbocycles. The number of fused-ring (bicyclic) bond motifs is 5. The number of hydrogen-bond donors (Lipinski definition) is 0. The molecule has 2 aromatic heterocycles. The molecule has 4 aromatic rings. The summed E-state index contributed by atoms with van der Waals surface area (Å²) in [5, 5.41) is 14.1. The number of nitrogens with zero attached hydrogens (tertiary/aromatic N) is 4. The zero-order valence-corrected chi connectivity index (χ0v) is 8.98. The van der Waals surface area contributed by atoms with Gasteiger partial charge in [0.15, 0.2) is 0 Å². The Morgan fingerprint density at radius 1 is 1.06 bits per heavy atom. The highest BCUT2D eigenvalue weighted by Crippen LogP contribution is 2.31. The lowest BCUT2D eigenvalue weighted by Gasteiger charge is -1.97. The van der Waals surface area contributed by atoms with Crippen LogP contribution in [0.1, 0.15) is 0 Å². The van der Waals surface area contributed by atoms with Crippen LogP contribution in [0, 0.1) is 0 Å². The maximum absolute atomic E-state index is 3.98. The Morgan fingerprint density at radius 3 is 3.00 bits per heavy atom. The van der Waals surface area contributed by atoms with Crippen LogP contribution in [0.4, 0.5) is 0 Å². The third kappa shape index (κ3) is 0.906. The minimum absolute atomic E-state index is 0.839. The van der Waals surface area contributed by atoms with Crippen LogP contribution in [0.3, 0.4) is 0 Å². The van der Waals surface area contributed by atoms with Crippen molar-refractivity contribution in [3.63, 3.8) is 0 Å². The van der Waals surface area contributed by atoms with Gasteiger partial charge in [0.1, 0.15) is 0 Å². The predicted octanol–water partition coefficient (Wildman–Crippen LogP) is 2.49. The van der Waals surface area contributed by atoms with E-state index in [0.29, 0.717) is 0 Å². The molecule has 4 nitrogen and oxygen atoms in total. The van der Waals surface area contributed by atoms with Crippen molar-refractivity contribution >= 4 is 37.3 Å². The molecule has 0 N–H and O–H groups in total. The molecule has 16 heavy (non-hydrogen) atoms. The van der Waals surface area contributed by atoms with Crippen molar-refractivity contribution in [2.24, 2.45) is 0 Å². The summed E-state index contributed by atoms with van der Waals surface area (Å²) in [5.74, 6) is 0. The normalized spacial score (nSPS) is 11.8. The molecule has 76 valence electrons. The fourth-order valence-electron chi connectivity index (χ4n) is 1.99. The molecule has 5 heteroatoms. The summed E-state index contributed by atoms with van der Waals surface area (Å²) in [4.78, 5) is 0.839. The van der Waals surface area contributed by atoms with Gasteiger partial charge < -0.3 is 0 Å². The third-order valence-corrected chi connectivity index (χ3v) is 3.79. The van der Waals surface area contributed by atoms with Gasteiger partial charge >= 0.3 is 0 Å². The number of rotatable bonds is 0. The maximum Gasteiger partial charge on any atom is 0.235 e. The van der Waals surface area contributed by atoms with E-state index in [9.17, 15) is 0 Å². The summed E-state index contributed by atoms with van der Waals surface area (Å²) >= 11 is 1.62. The van der Waals surface area contributed by atoms with E-state index in [1.54, 1.807) is 15.9 Å². The first-order valence-corrected chi connectivity index (χ1v) is 5.73. The van der Waals surface area contributed by atoms with E-state index >= 15 is 0 Å².